The van der Waals surface area contributed by atoms with Gasteiger partial charge in [-0.25, -0.2) is 0 Å². The van der Waals surface area contributed by atoms with Crippen LogP contribution in [-0.2, 0) is 0 Å². The predicted octanol–water partition coefficient (Wildman–Crippen LogP) is 5.31. The van der Waals surface area contributed by atoms with Crippen LogP contribution < -0.4 is 0 Å². The van der Waals surface area contributed by atoms with Gasteiger partial charge in [0.15, 0.2) is 0 Å². The molecule has 0 heterocycles. The Kier molecular flexibility index (Phi) is 4.24. The van der Waals surface area contributed by atoms with Crippen LogP contribution in [-0.4, -0.2) is 6.54 Å². The Morgan fingerprint density at radius 2 is 1.63 bits per heavy atom. The summed E-state index contributed by atoms with van der Waals surface area (Å²) in [6.45, 7) is 0.610. The van der Waals surface area contributed by atoms with Crippen LogP contribution in [0.15, 0.2) is 5.18 Å². The number of rotatable bonds is 3. The van der Waals surface area contributed by atoms with Crippen molar-refractivity contribution in [1.29, 1.82) is 0 Å². The first-order valence-electron chi connectivity index (χ1n) is 8.63. The lowest BCUT2D eigenvalue weighted by Gasteiger charge is -2.45. The second kappa shape index (κ2) is 5.93. The molecule has 0 aliphatic heterocycles. The molecule has 3 aliphatic carbocycles. The minimum Gasteiger partial charge on any atom is -0.151 e. The van der Waals surface area contributed by atoms with E-state index in [1.165, 1.54) is 77.0 Å². The summed E-state index contributed by atoms with van der Waals surface area (Å²) < 4.78 is 0. The van der Waals surface area contributed by atoms with Crippen molar-refractivity contribution in [2.45, 2.75) is 77.0 Å². The lowest BCUT2D eigenvalue weighted by Crippen LogP contribution is -2.39. The molecule has 2 nitrogen and oxygen atoms in total. The molecule has 0 saturated heterocycles. The highest BCUT2D eigenvalue weighted by atomic mass is 16.3. The summed E-state index contributed by atoms with van der Waals surface area (Å²) in [5, 5.41) is 3.39. The van der Waals surface area contributed by atoms with Gasteiger partial charge in [-0.15, -0.1) is 0 Å². The van der Waals surface area contributed by atoms with Crippen LogP contribution in [0.2, 0.25) is 0 Å². The van der Waals surface area contributed by atoms with Crippen molar-refractivity contribution in [2.75, 3.05) is 6.54 Å². The predicted molar refractivity (Wildman–Crippen MR) is 79.0 cm³/mol. The number of nitroso groups, excluding NO2 is 1. The van der Waals surface area contributed by atoms with Crippen LogP contribution in [0.25, 0.3) is 0 Å². The molecule has 0 spiro atoms. The van der Waals surface area contributed by atoms with Crippen LogP contribution in [0, 0.1) is 28.1 Å². The molecule has 3 atom stereocenters. The van der Waals surface area contributed by atoms with Gasteiger partial charge in [0, 0.05) is 0 Å². The van der Waals surface area contributed by atoms with Gasteiger partial charge in [-0.3, -0.25) is 0 Å². The first kappa shape index (κ1) is 13.6. The Morgan fingerprint density at radius 1 is 0.842 bits per heavy atom. The zero-order valence-electron chi connectivity index (χ0n) is 12.3. The Labute approximate surface area is 117 Å². The fourth-order valence-corrected chi connectivity index (χ4v) is 5.59. The molecule has 19 heavy (non-hydrogen) atoms. The highest BCUT2D eigenvalue weighted by Crippen LogP contribution is 2.53. The lowest BCUT2D eigenvalue weighted by molar-refractivity contribution is 0.0479. The molecule has 3 rings (SSSR count). The molecule has 108 valence electrons. The van der Waals surface area contributed by atoms with Crippen LogP contribution in [0.1, 0.15) is 77.0 Å². The molecule has 0 aromatic rings. The summed E-state index contributed by atoms with van der Waals surface area (Å²) in [4.78, 5) is 11.0. The number of nitrogens with zero attached hydrogens (tertiary/aromatic N) is 1. The molecule has 0 N–H and O–H groups in total. The summed E-state index contributed by atoms with van der Waals surface area (Å²) >= 11 is 0. The van der Waals surface area contributed by atoms with E-state index in [0.29, 0.717) is 12.0 Å². The number of hydrogen-bond acceptors (Lipinski definition) is 2. The quantitative estimate of drug-likeness (QED) is 0.634. The van der Waals surface area contributed by atoms with Crippen molar-refractivity contribution < 1.29 is 0 Å². The van der Waals surface area contributed by atoms with E-state index in [2.05, 4.69) is 5.18 Å². The Hall–Kier alpha value is -0.400. The van der Waals surface area contributed by atoms with E-state index in [0.717, 1.165) is 17.8 Å². The van der Waals surface area contributed by atoms with Crippen molar-refractivity contribution in [3.63, 3.8) is 0 Å². The first-order chi connectivity index (χ1) is 9.34. The lowest BCUT2D eigenvalue weighted by atomic mass is 9.59. The molecule has 0 aromatic heterocycles. The van der Waals surface area contributed by atoms with Crippen LogP contribution in [0.3, 0.4) is 0 Å². The van der Waals surface area contributed by atoms with Crippen molar-refractivity contribution in [2.24, 2.45) is 28.3 Å². The van der Waals surface area contributed by atoms with E-state index in [-0.39, 0.29) is 0 Å². The fraction of sp³-hybridized carbons (Fsp3) is 1.00. The number of hydrogen-bond donors (Lipinski definition) is 0. The monoisotopic (exact) mass is 263 g/mol. The second-order valence-corrected chi connectivity index (χ2v) is 7.53. The van der Waals surface area contributed by atoms with Gasteiger partial charge in [-0.05, 0) is 48.9 Å². The molecule has 3 aliphatic rings. The molecular formula is C17H29NO. The minimum absolute atomic E-state index is 0.302. The Bertz CT molecular complexity index is 308. The zero-order chi connectivity index (χ0) is 13.1. The third-order valence-electron chi connectivity index (χ3n) is 6.60. The van der Waals surface area contributed by atoms with E-state index in [1.54, 1.807) is 0 Å². The van der Waals surface area contributed by atoms with Crippen molar-refractivity contribution in [3.8, 4) is 0 Å². The number of fused-ring (bicyclic) bond motifs is 3. The molecule has 3 unspecified atom stereocenters. The molecule has 2 heteroatoms. The Morgan fingerprint density at radius 3 is 2.42 bits per heavy atom. The van der Waals surface area contributed by atoms with Gasteiger partial charge < -0.3 is 0 Å². The van der Waals surface area contributed by atoms with E-state index in [1.807, 2.05) is 0 Å². The summed E-state index contributed by atoms with van der Waals surface area (Å²) in [5.41, 5.74) is 0.302. The summed E-state index contributed by atoms with van der Waals surface area (Å²) in [5.74, 6) is 2.72. The maximum atomic E-state index is 11.0. The Balaban J connectivity index is 1.81. The summed E-state index contributed by atoms with van der Waals surface area (Å²) in [6.07, 6.45) is 16.7. The molecule has 0 aromatic carbocycles. The van der Waals surface area contributed by atoms with E-state index < -0.39 is 0 Å². The van der Waals surface area contributed by atoms with E-state index >= 15 is 0 Å². The van der Waals surface area contributed by atoms with Gasteiger partial charge in [0.2, 0.25) is 0 Å². The second-order valence-electron chi connectivity index (χ2n) is 7.53. The summed E-state index contributed by atoms with van der Waals surface area (Å²) in [7, 11) is 0. The highest BCUT2D eigenvalue weighted by molar-refractivity contribution is 4.96. The topological polar surface area (TPSA) is 29.4 Å². The third-order valence-corrected chi connectivity index (χ3v) is 6.60. The molecule has 2 bridgehead atoms. The third kappa shape index (κ3) is 2.73. The van der Waals surface area contributed by atoms with Gasteiger partial charge in [0.05, 0.1) is 6.54 Å². The van der Waals surface area contributed by atoms with Crippen molar-refractivity contribution in [3.05, 3.63) is 4.91 Å². The molecule has 3 saturated carbocycles. The van der Waals surface area contributed by atoms with E-state index in [4.69, 9.17) is 0 Å². The van der Waals surface area contributed by atoms with Crippen LogP contribution in [0.4, 0.5) is 0 Å². The van der Waals surface area contributed by atoms with Gasteiger partial charge in [0.25, 0.3) is 0 Å². The summed E-state index contributed by atoms with van der Waals surface area (Å²) in [6, 6.07) is 0. The van der Waals surface area contributed by atoms with E-state index in [9.17, 15) is 4.91 Å². The first-order valence-corrected chi connectivity index (χ1v) is 8.63. The van der Waals surface area contributed by atoms with Gasteiger partial charge in [0.1, 0.15) is 0 Å². The standard InChI is InChI=1S/C17H29NO/c19-18-13-17(11-2-1-3-12-17)16-10-8-14-5-4-6-15(16)9-7-14/h14-16H,1-13H2. The maximum absolute atomic E-state index is 11.0. The normalized spacial score (nSPS) is 38.4. The fourth-order valence-electron chi connectivity index (χ4n) is 5.59. The smallest absolute Gasteiger partial charge is 0.0870 e. The zero-order valence-corrected chi connectivity index (χ0v) is 12.3. The van der Waals surface area contributed by atoms with Gasteiger partial charge >= 0.3 is 0 Å². The van der Waals surface area contributed by atoms with Crippen LogP contribution >= 0.6 is 0 Å². The average molecular weight is 263 g/mol. The molecular weight excluding hydrogens is 234 g/mol. The largest absolute Gasteiger partial charge is 0.151 e. The maximum Gasteiger partial charge on any atom is 0.0870 e. The van der Waals surface area contributed by atoms with Gasteiger partial charge in [-0.2, -0.15) is 4.91 Å². The van der Waals surface area contributed by atoms with Crippen molar-refractivity contribution >= 4 is 0 Å². The molecule has 0 radical (unpaired) electrons. The SMILES string of the molecule is O=NCC1(C2CCC3CCCC2CC3)CCCCC1. The molecule has 0 amide bonds. The van der Waals surface area contributed by atoms with Crippen molar-refractivity contribution in [1.82, 2.24) is 0 Å². The highest BCUT2D eigenvalue weighted by Gasteiger charge is 2.45. The average Bonchev–Trinajstić information content (AvgIpc) is 2.75. The van der Waals surface area contributed by atoms with Crippen LogP contribution in [0.5, 0.6) is 0 Å². The molecule has 3 fully saturated rings. The minimum atomic E-state index is 0.302. The van der Waals surface area contributed by atoms with Gasteiger partial charge in [-0.1, -0.05) is 56.5 Å².